The minimum Gasteiger partial charge on any atom is -0.359 e. The molecule has 2 atom stereocenters. The van der Waals surface area contributed by atoms with Gasteiger partial charge in [-0.05, 0) is 36.6 Å². The summed E-state index contributed by atoms with van der Waals surface area (Å²) in [6, 6.07) is 7.56. The third kappa shape index (κ3) is 4.17. The van der Waals surface area contributed by atoms with Gasteiger partial charge in [-0.15, -0.1) is 6.58 Å². The van der Waals surface area contributed by atoms with Crippen molar-refractivity contribution < 1.29 is 14.4 Å². The molecule has 2 fully saturated rings. The maximum atomic E-state index is 13.0. The average molecular weight is 485 g/mol. The molecule has 11 heteroatoms. The summed E-state index contributed by atoms with van der Waals surface area (Å²) in [5.41, 5.74) is 1.41. The van der Waals surface area contributed by atoms with E-state index in [4.69, 9.17) is 5.26 Å². The number of amidine groups is 1. The van der Waals surface area contributed by atoms with Gasteiger partial charge in [0.15, 0.2) is 6.17 Å². The Morgan fingerprint density at radius 1 is 1.25 bits per heavy atom. The third-order valence-electron chi connectivity index (χ3n) is 6.37. The van der Waals surface area contributed by atoms with Gasteiger partial charge in [0.2, 0.25) is 0 Å². The number of aromatic nitrogens is 2. The maximum Gasteiger partial charge on any atom is 0.329 e. The second kappa shape index (κ2) is 9.22. The van der Waals surface area contributed by atoms with Crippen LogP contribution in [0.1, 0.15) is 34.5 Å². The number of aliphatic imine (C=N–C) groups is 1. The van der Waals surface area contributed by atoms with Crippen molar-refractivity contribution in [3.63, 3.8) is 0 Å². The van der Waals surface area contributed by atoms with Crippen molar-refractivity contribution in [3.8, 4) is 6.07 Å². The molecule has 5 rings (SSSR count). The first-order valence-electron chi connectivity index (χ1n) is 11.6. The van der Waals surface area contributed by atoms with Crippen molar-refractivity contribution in [1.29, 1.82) is 5.26 Å². The molecule has 4 heterocycles. The van der Waals surface area contributed by atoms with E-state index in [0.29, 0.717) is 30.2 Å². The van der Waals surface area contributed by atoms with Crippen LogP contribution in [0.15, 0.2) is 54.3 Å². The van der Waals surface area contributed by atoms with Gasteiger partial charge < -0.3 is 5.32 Å². The molecular formula is C25H24N8O3. The number of hydrogen-bond acceptors (Lipinski definition) is 8. The molecule has 2 aromatic heterocycles. The Balaban J connectivity index is 1.28. The fourth-order valence-corrected chi connectivity index (χ4v) is 4.35. The molecule has 2 aliphatic heterocycles. The molecule has 0 aromatic carbocycles. The van der Waals surface area contributed by atoms with E-state index in [0.717, 1.165) is 18.4 Å². The number of fused-ring (bicyclic) bond motifs is 1. The fourth-order valence-electron chi connectivity index (χ4n) is 4.35. The largest absolute Gasteiger partial charge is 0.359 e. The van der Waals surface area contributed by atoms with E-state index < -0.39 is 12.2 Å². The van der Waals surface area contributed by atoms with E-state index in [1.165, 1.54) is 22.1 Å². The molecule has 36 heavy (non-hydrogen) atoms. The Labute approximate surface area is 207 Å². The van der Waals surface area contributed by atoms with E-state index in [9.17, 15) is 14.4 Å². The van der Waals surface area contributed by atoms with Gasteiger partial charge in [0.25, 0.3) is 11.8 Å². The van der Waals surface area contributed by atoms with Crippen LogP contribution in [0.2, 0.25) is 0 Å². The molecule has 1 aliphatic carbocycles. The number of rotatable bonds is 7. The van der Waals surface area contributed by atoms with Crippen molar-refractivity contribution in [3.05, 3.63) is 66.1 Å². The summed E-state index contributed by atoms with van der Waals surface area (Å²) in [4.78, 5) is 56.0. The molecule has 3 aliphatic rings. The van der Waals surface area contributed by atoms with Gasteiger partial charge in [-0.2, -0.15) is 5.26 Å². The van der Waals surface area contributed by atoms with Crippen molar-refractivity contribution >= 4 is 29.5 Å². The number of nitriles is 1. The van der Waals surface area contributed by atoms with Crippen LogP contribution in [-0.2, 0) is 11.2 Å². The third-order valence-corrected chi connectivity index (χ3v) is 6.37. The fraction of sp³-hybridized carbons (Fsp3) is 0.320. The van der Waals surface area contributed by atoms with Crippen molar-refractivity contribution in [1.82, 2.24) is 25.1 Å². The van der Waals surface area contributed by atoms with Crippen molar-refractivity contribution in [2.75, 3.05) is 18.5 Å². The van der Waals surface area contributed by atoms with Crippen LogP contribution in [-0.4, -0.2) is 75.3 Å². The minimum absolute atomic E-state index is 0.0272. The van der Waals surface area contributed by atoms with E-state index >= 15 is 0 Å². The number of urea groups is 1. The number of anilines is 1. The molecule has 0 radical (unpaired) electrons. The van der Waals surface area contributed by atoms with Gasteiger partial charge in [-0.3, -0.25) is 24.3 Å². The van der Waals surface area contributed by atoms with Gasteiger partial charge in [0.05, 0.1) is 5.56 Å². The van der Waals surface area contributed by atoms with E-state index in [-0.39, 0.29) is 29.6 Å². The molecule has 1 saturated heterocycles. The highest BCUT2D eigenvalue weighted by atomic mass is 16.2. The summed E-state index contributed by atoms with van der Waals surface area (Å²) in [6.45, 7) is 4.04. The monoisotopic (exact) mass is 484 g/mol. The van der Waals surface area contributed by atoms with Crippen LogP contribution in [0.4, 0.5) is 10.6 Å². The number of nitrogens with one attached hydrogen (secondary N) is 1. The second-order valence-electron chi connectivity index (χ2n) is 8.88. The standard InChI is InChI=1S/C25H24N8O3/c1-3-10-32-22-21(24(35)33(25(32)36)18-7-8-18)29-19(30-22)11-15-4-9-20(28-13-15)31(2)23(34)16-5-6-17(12-26)27-14-16/h3-6,9,13-14,18,21-22H,1,7-8,10-11H2,2H3,(H,29,30). The molecular weight excluding hydrogens is 460 g/mol. The zero-order chi connectivity index (χ0) is 25.4. The number of carbonyl (C=O) groups excluding carboxylic acids is 3. The number of nitrogens with zero attached hydrogens (tertiary/aromatic N) is 7. The normalized spacial score (nSPS) is 20.8. The molecule has 11 nitrogen and oxygen atoms in total. The van der Waals surface area contributed by atoms with E-state index in [2.05, 4.69) is 26.9 Å². The molecule has 4 amide bonds. The lowest BCUT2D eigenvalue weighted by Gasteiger charge is -2.40. The number of amides is 4. The first-order valence-corrected chi connectivity index (χ1v) is 11.6. The minimum atomic E-state index is -0.615. The molecule has 1 saturated carbocycles. The first kappa shape index (κ1) is 23.2. The number of hydrogen-bond donors (Lipinski definition) is 1. The van der Waals surface area contributed by atoms with Gasteiger partial charge in [0.1, 0.15) is 29.5 Å². The van der Waals surface area contributed by atoms with Crippen LogP contribution in [0.3, 0.4) is 0 Å². The van der Waals surface area contributed by atoms with Crippen LogP contribution in [0.25, 0.3) is 0 Å². The Kier molecular flexibility index (Phi) is 5.93. The van der Waals surface area contributed by atoms with Gasteiger partial charge in [0, 0.05) is 38.4 Å². The molecule has 0 bridgehead atoms. The quantitative estimate of drug-likeness (QED) is 0.588. The van der Waals surface area contributed by atoms with Gasteiger partial charge in [-0.1, -0.05) is 12.1 Å². The summed E-state index contributed by atoms with van der Waals surface area (Å²) in [7, 11) is 1.61. The van der Waals surface area contributed by atoms with Crippen molar-refractivity contribution in [2.45, 2.75) is 37.5 Å². The van der Waals surface area contributed by atoms with E-state index in [1.807, 2.05) is 12.1 Å². The molecule has 182 valence electrons. The predicted molar refractivity (Wildman–Crippen MR) is 130 cm³/mol. The molecule has 2 unspecified atom stereocenters. The lowest BCUT2D eigenvalue weighted by atomic mass is 10.1. The molecule has 2 aromatic rings. The Bertz CT molecular complexity index is 1290. The Morgan fingerprint density at radius 3 is 2.67 bits per heavy atom. The highest BCUT2D eigenvalue weighted by molar-refractivity contribution is 6.06. The van der Waals surface area contributed by atoms with Crippen LogP contribution in [0.5, 0.6) is 0 Å². The summed E-state index contributed by atoms with van der Waals surface area (Å²) in [5.74, 6) is 0.503. The predicted octanol–water partition coefficient (Wildman–Crippen LogP) is 1.48. The zero-order valence-electron chi connectivity index (χ0n) is 19.7. The average Bonchev–Trinajstić information content (AvgIpc) is 3.64. The smallest absolute Gasteiger partial charge is 0.329 e. The van der Waals surface area contributed by atoms with Gasteiger partial charge in [-0.25, -0.2) is 19.8 Å². The first-order chi connectivity index (χ1) is 17.4. The topological polar surface area (TPSA) is 135 Å². The lowest BCUT2D eigenvalue weighted by molar-refractivity contribution is -0.135. The molecule has 0 spiro atoms. The summed E-state index contributed by atoms with van der Waals surface area (Å²) >= 11 is 0. The SMILES string of the molecule is C=CCN1C(=O)N(C2CC2)C(=O)C2NC(Cc3ccc(N(C)C(=O)c4ccc(C#N)nc4)nc3)=NC21. The highest BCUT2D eigenvalue weighted by Crippen LogP contribution is 2.33. The second-order valence-corrected chi connectivity index (χ2v) is 8.88. The van der Waals surface area contributed by atoms with Crippen LogP contribution < -0.4 is 10.2 Å². The maximum absolute atomic E-state index is 13.0. The van der Waals surface area contributed by atoms with Crippen LogP contribution in [0, 0.1) is 11.3 Å². The number of imide groups is 1. The van der Waals surface area contributed by atoms with Crippen LogP contribution >= 0.6 is 0 Å². The summed E-state index contributed by atoms with van der Waals surface area (Å²) in [6.07, 6.45) is 6.10. The van der Waals surface area contributed by atoms with Crippen molar-refractivity contribution in [2.24, 2.45) is 4.99 Å². The summed E-state index contributed by atoms with van der Waals surface area (Å²) < 4.78 is 0. The summed E-state index contributed by atoms with van der Waals surface area (Å²) in [5, 5.41) is 12.1. The van der Waals surface area contributed by atoms with E-state index in [1.54, 1.807) is 36.4 Å². The van der Waals surface area contributed by atoms with Gasteiger partial charge >= 0.3 is 6.03 Å². The Morgan fingerprint density at radius 2 is 2.06 bits per heavy atom. The lowest BCUT2D eigenvalue weighted by Crippen LogP contribution is -2.65. The highest BCUT2D eigenvalue weighted by Gasteiger charge is 2.52. The molecule has 1 N–H and O–H groups in total. The number of carbonyl (C=O) groups is 3. The zero-order valence-corrected chi connectivity index (χ0v) is 19.7. The Hall–Kier alpha value is -4.59. The number of pyridine rings is 2.